The maximum atomic E-state index is 12.8. The van der Waals surface area contributed by atoms with Crippen molar-refractivity contribution >= 4 is 17.9 Å². The van der Waals surface area contributed by atoms with Gasteiger partial charge in [-0.15, -0.1) is 0 Å². The highest BCUT2D eigenvalue weighted by Gasteiger charge is 2.22. The van der Waals surface area contributed by atoms with Gasteiger partial charge in [-0.05, 0) is 44.9 Å². The first-order valence-corrected chi connectivity index (χ1v) is 28.5. The van der Waals surface area contributed by atoms with Gasteiger partial charge in [0.1, 0.15) is 13.2 Å². The Balaban J connectivity index is 4.15. The van der Waals surface area contributed by atoms with E-state index in [2.05, 4.69) is 38.2 Å². The second-order valence-electron chi connectivity index (χ2n) is 20.6. The molecule has 67 heavy (non-hydrogen) atoms. The fourth-order valence-electron chi connectivity index (χ4n) is 8.27. The third kappa shape index (κ3) is 51.4. The van der Waals surface area contributed by atoms with E-state index >= 15 is 0 Å². The monoisotopic (exact) mass is 948 g/mol. The first-order chi connectivity index (χ1) is 32.6. The number of esters is 2. The summed E-state index contributed by atoms with van der Waals surface area (Å²) in [6.07, 6.45) is 55.2. The highest BCUT2D eigenvalue weighted by molar-refractivity contribution is 5.70. The van der Waals surface area contributed by atoms with Gasteiger partial charge in [-0.1, -0.05) is 237 Å². The summed E-state index contributed by atoms with van der Waals surface area (Å²) in [5.41, 5.74) is 0. The van der Waals surface area contributed by atoms with Gasteiger partial charge >= 0.3 is 11.9 Å². The summed E-state index contributed by atoms with van der Waals surface area (Å²) >= 11 is 0. The van der Waals surface area contributed by atoms with Crippen LogP contribution in [-0.4, -0.2) is 82.3 Å². The summed E-state index contributed by atoms with van der Waals surface area (Å²) in [6.45, 7) is 4.74. The third-order valence-corrected chi connectivity index (χ3v) is 12.7. The lowest BCUT2D eigenvalue weighted by Gasteiger charge is -2.26. The molecular formula is C58H109NO8. The fourth-order valence-corrected chi connectivity index (χ4v) is 8.27. The smallest absolute Gasteiger partial charge is 0.306 e. The summed E-state index contributed by atoms with van der Waals surface area (Å²) in [5.74, 6) is -2.29. The van der Waals surface area contributed by atoms with Crippen LogP contribution >= 0.6 is 0 Å². The molecule has 0 saturated heterocycles. The van der Waals surface area contributed by atoms with Crippen LogP contribution in [0, 0.1) is 0 Å². The molecule has 0 saturated carbocycles. The van der Waals surface area contributed by atoms with Gasteiger partial charge in [0.25, 0.3) is 0 Å². The van der Waals surface area contributed by atoms with Crippen LogP contribution in [0.2, 0.25) is 0 Å². The van der Waals surface area contributed by atoms with Crippen LogP contribution in [0.15, 0.2) is 24.3 Å². The number of hydrogen-bond acceptors (Lipinski definition) is 8. The summed E-state index contributed by atoms with van der Waals surface area (Å²) in [4.78, 5) is 37.2. The molecule has 0 bridgehead atoms. The molecule has 0 aromatic carbocycles. The molecule has 0 rings (SSSR count). The molecule has 0 aliphatic carbocycles. The molecule has 2 atom stereocenters. The van der Waals surface area contributed by atoms with E-state index in [0.29, 0.717) is 23.9 Å². The van der Waals surface area contributed by atoms with Gasteiger partial charge < -0.3 is 33.3 Å². The van der Waals surface area contributed by atoms with Crippen molar-refractivity contribution in [1.29, 1.82) is 0 Å². The zero-order chi connectivity index (χ0) is 49.2. The number of carboxylic acids is 1. The highest BCUT2D eigenvalue weighted by atomic mass is 16.7. The van der Waals surface area contributed by atoms with E-state index in [1.165, 1.54) is 180 Å². The number of likely N-dealkylation sites (N-methyl/N-ethyl adjacent to an activating group) is 1. The molecular weight excluding hydrogens is 839 g/mol. The molecule has 0 heterocycles. The van der Waals surface area contributed by atoms with Crippen LogP contribution in [0.4, 0.5) is 0 Å². The number of quaternary nitrogens is 1. The maximum Gasteiger partial charge on any atom is 0.306 e. The minimum atomic E-state index is -1.62. The van der Waals surface area contributed by atoms with Crippen LogP contribution in [0.3, 0.4) is 0 Å². The van der Waals surface area contributed by atoms with Crippen molar-refractivity contribution in [3.05, 3.63) is 24.3 Å². The predicted octanol–water partition coefficient (Wildman–Crippen LogP) is 15.0. The lowest BCUT2D eigenvalue weighted by molar-refractivity contribution is -0.870. The van der Waals surface area contributed by atoms with Crippen molar-refractivity contribution in [3.63, 3.8) is 0 Å². The summed E-state index contributed by atoms with van der Waals surface area (Å²) < 4.78 is 22.7. The number of carboxylic acid groups (broad SMARTS) is 1. The second-order valence-corrected chi connectivity index (χ2v) is 20.6. The van der Waals surface area contributed by atoms with E-state index < -0.39 is 24.3 Å². The second kappa shape index (κ2) is 50.2. The Kier molecular flexibility index (Phi) is 48.5. The van der Waals surface area contributed by atoms with Crippen molar-refractivity contribution in [1.82, 2.24) is 0 Å². The third-order valence-electron chi connectivity index (χ3n) is 12.7. The number of carbonyl (C=O) groups excluding carboxylic acids is 3. The average molecular weight is 949 g/mol. The number of rotatable bonds is 53. The van der Waals surface area contributed by atoms with Crippen LogP contribution in [-0.2, 0) is 33.3 Å². The van der Waals surface area contributed by atoms with E-state index in [9.17, 15) is 19.5 Å². The topological polar surface area (TPSA) is 111 Å². The van der Waals surface area contributed by atoms with Gasteiger partial charge in [0, 0.05) is 12.8 Å². The number of unbranched alkanes of at least 4 members (excludes halogenated alkanes) is 34. The van der Waals surface area contributed by atoms with E-state index in [1.54, 1.807) is 0 Å². The molecule has 0 spiro atoms. The Bertz CT molecular complexity index is 1150. The number of aliphatic carboxylic acids is 1. The normalized spacial score (nSPS) is 12.9. The molecule has 2 unspecified atom stereocenters. The Morgan fingerprint density at radius 1 is 0.448 bits per heavy atom. The van der Waals surface area contributed by atoms with Gasteiger partial charge in [0.2, 0.25) is 0 Å². The van der Waals surface area contributed by atoms with E-state index in [-0.39, 0.29) is 32.2 Å². The highest BCUT2D eigenvalue weighted by Crippen LogP contribution is 2.17. The van der Waals surface area contributed by atoms with Gasteiger partial charge in [-0.3, -0.25) is 9.59 Å². The first-order valence-electron chi connectivity index (χ1n) is 28.5. The Morgan fingerprint density at radius 2 is 0.806 bits per heavy atom. The van der Waals surface area contributed by atoms with E-state index in [1.807, 2.05) is 21.1 Å². The van der Waals surface area contributed by atoms with Gasteiger partial charge in [-0.25, -0.2) is 0 Å². The Morgan fingerprint density at radius 3 is 1.21 bits per heavy atom. The lowest BCUT2D eigenvalue weighted by Crippen LogP contribution is -2.44. The number of hydrogen-bond donors (Lipinski definition) is 0. The van der Waals surface area contributed by atoms with Gasteiger partial charge in [0.15, 0.2) is 12.4 Å². The summed E-state index contributed by atoms with van der Waals surface area (Å²) in [5, 5.41) is 11.7. The van der Waals surface area contributed by atoms with Crippen LogP contribution in [0.1, 0.15) is 271 Å². The minimum absolute atomic E-state index is 0.147. The molecule has 0 N–H and O–H groups in total. The molecule has 0 fully saturated rings. The number of nitrogens with zero attached hydrogens (tertiary/aromatic N) is 1. The zero-order valence-corrected chi connectivity index (χ0v) is 44.8. The van der Waals surface area contributed by atoms with Crippen molar-refractivity contribution in [2.24, 2.45) is 0 Å². The van der Waals surface area contributed by atoms with E-state index in [4.69, 9.17) is 18.9 Å². The molecule has 9 heteroatoms. The SMILES string of the molecule is CCCCC/C=C\C/C=C\CCCCCCCC(=O)OC(COC(=O)CCCCCCCCCCCCCCCCCCCCCCCCCCCCC)COC(OCC[N+](C)(C)C)C(=O)[O-]. The van der Waals surface area contributed by atoms with Crippen molar-refractivity contribution in [3.8, 4) is 0 Å². The minimum Gasteiger partial charge on any atom is -0.545 e. The van der Waals surface area contributed by atoms with E-state index in [0.717, 1.165) is 57.8 Å². The van der Waals surface area contributed by atoms with Crippen LogP contribution in [0.25, 0.3) is 0 Å². The largest absolute Gasteiger partial charge is 0.545 e. The summed E-state index contributed by atoms with van der Waals surface area (Å²) in [6, 6.07) is 0. The Labute approximate surface area is 414 Å². The first kappa shape index (κ1) is 64.8. The molecule has 394 valence electrons. The number of carbonyl (C=O) groups is 3. The van der Waals surface area contributed by atoms with Crippen LogP contribution < -0.4 is 5.11 Å². The van der Waals surface area contributed by atoms with Crippen molar-refractivity contribution < 1.29 is 42.9 Å². The molecule has 9 nitrogen and oxygen atoms in total. The molecule has 0 aliphatic rings. The van der Waals surface area contributed by atoms with Crippen LogP contribution in [0.5, 0.6) is 0 Å². The average Bonchev–Trinajstić information content (AvgIpc) is 3.29. The Hall–Kier alpha value is -2.23. The molecule has 0 radical (unpaired) electrons. The molecule has 0 aromatic rings. The molecule has 0 amide bonds. The zero-order valence-electron chi connectivity index (χ0n) is 44.8. The number of ether oxygens (including phenoxy) is 4. The van der Waals surface area contributed by atoms with Crippen molar-refractivity contribution in [2.45, 2.75) is 283 Å². The lowest BCUT2D eigenvalue weighted by atomic mass is 10.0. The predicted molar refractivity (Wildman–Crippen MR) is 279 cm³/mol. The quantitative estimate of drug-likeness (QED) is 0.0195. The maximum absolute atomic E-state index is 12.8. The molecule has 0 aromatic heterocycles. The van der Waals surface area contributed by atoms with Gasteiger partial charge in [0.05, 0.1) is 40.3 Å². The summed E-state index contributed by atoms with van der Waals surface area (Å²) in [7, 11) is 5.92. The van der Waals surface area contributed by atoms with Crippen molar-refractivity contribution in [2.75, 3.05) is 47.5 Å². The van der Waals surface area contributed by atoms with Gasteiger partial charge in [-0.2, -0.15) is 0 Å². The number of allylic oxidation sites excluding steroid dienone is 4. The molecule has 0 aliphatic heterocycles. The fraction of sp³-hybridized carbons (Fsp3) is 0.879. The standard InChI is InChI=1S/C58H109NO8/c1-6-8-10-12-14-16-18-20-22-23-24-25-26-27-28-29-30-31-32-33-35-36-38-40-42-44-46-48-55(60)65-52-54(53-66-58(57(62)63)64-51-50-59(3,4)5)67-56(61)49-47-45-43-41-39-37-34-21-19-17-15-13-11-9-7-2/h15,17,21,34,54,58H,6-14,16,18-20,22-33,35-53H2,1-5H3/b17-15-,34-21-.